The van der Waals surface area contributed by atoms with E-state index in [1.807, 2.05) is 83.1 Å². The van der Waals surface area contributed by atoms with Crippen LogP contribution in [0.5, 0.6) is 5.75 Å². The van der Waals surface area contributed by atoms with Gasteiger partial charge in [-0.25, -0.2) is 4.79 Å². The zero-order valence-electron chi connectivity index (χ0n) is 44.6. The molecule has 12 N–H and O–H groups in total. The van der Waals surface area contributed by atoms with Gasteiger partial charge < -0.3 is 58.5 Å². The van der Waals surface area contributed by atoms with Gasteiger partial charge in [-0.2, -0.15) is 0 Å². The molecule has 0 unspecified atom stereocenters. The van der Waals surface area contributed by atoms with Gasteiger partial charge in [0, 0.05) is 6.42 Å². The summed E-state index contributed by atoms with van der Waals surface area (Å²) in [6, 6.07) is -4.08. The number of hydrogen-bond donors (Lipinski definition) is 11. The highest BCUT2D eigenvalue weighted by Gasteiger charge is 2.35. The van der Waals surface area contributed by atoms with Crippen molar-refractivity contribution in [1.82, 2.24) is 42.5 Å². The van der Waals surface area contributed by atoms with Crippen molar-refractivity contribution in [1.29, 1.82) is 0 Å². The van der Waals surface area contributed by atoms with Gasteiger partial charge in [-0.1, -0.05) is 95.2 Å². The summed E-state index contributed by atoms with van der Waals surface area (Å²) in [7, 11) is 0. The third-order valence-electron chi connectivity index (χ3n) is 11.3. The molecule has 0 bridgehead atoms. The molecule has 402 valence electrons. The monoisotopic (exact) mass is 1000 g/mol. The van der Waals surface area contributed by atoms with Crippen molar-refractivity contribution < 1.29 is 53.4 Å². The minimum atomic E-state index is -1.21. The summed E-state index contributed by atoms with van der Waals surface area (Å²) in [6.07, 6.45) is 1.23. The Balaban J connectivity index is 3.22. The van der Waals surface area contributed by atoms with Gasteiger partial charge in [0.05, 0.1) is 6.04 Å². The number of nitrogens with two attached hydrogens (primary N) is 1. The SMILES string of the molecule is CC(C)C[C@H](NC(=O)[C@H](CC(C)C)NC(=O)[C@H](CC(C)C)NC(=O)[C@H](CC(C)C)NC(=O)[C@H](C)NC(=O)[C@H](CC(C)C)NC(=O)[C@H](C)NC(=O)[C@H](Cc1ccc(O)cc1)NC(=O)[C@@H](N)CC(C)C)C(=O)O. The number of carboxylic acids is 1. The Morgan fingerprint density at radius 1 is 0.380 bits per heavy atom. The first-order valence-electron chi connectivity index (χ1n) is 25.1. The molecule has 20 heteroatoms. The molecule has 71 heavy (non-hydrogen) atoms. The Labute approximate surface area is 421 Å². The number of nitrogens with one attached hydrogen (secondary N) is 8. The molecule has 1 rings (SSSR count). The minimum Gasteiger partial charge on any atom is -0.508 e. The summed E-state index contributed by atoms with van der Waals surface area (Å²) < 4.78 is 0. The second-order valence-corrected chi connectivity index (χ2v) is 21.4. The zero-order valence-corrected chi connectivity index (χ0v) is 44.6. The van der Waals surface area contributed by atoms with Crippen molar-refractivity contribution in [3.63, 3.8) is 0 Å². The molecule has 0 aliphatic rings. The maximum Gasteiger partial charge on any atom is 0.326 e. The molecule has 0 fully saturated rings. The van der Waals surface area contributed by atoms with Crippen LogP contribution in [0.3, 0.4) is 0 Å². The average Bonchev–Trinajstić information content (AvgIpc) is 3.24. The largest absolute Gasteiger partial charge is 0.508 e. The number of rotatable bonds is 31. The predicted molar refractivity (Wildman–Crippen MR) is 271 cm³/mol. The van der Waals surface area contributed by atoms with E-state index >= 15 is 0 Å². The van der Waals surface area contributed by atoms with Crippen LogP contribution in [-0.2, 0) is 49.6 Å². The zero-order chi connectivity index (χ0) is 54.4. The molecule has 0 saturated heterocycles. The lowest BCUT2D eigenvalue weighted by Crippen LogP contribution is -2.60. The Hall–Kier alpha value is -5.79. The van der Waals surface area contributed by atoms with Gasteiger partial charge in [0.25, 0.3) is 0 Å². The third kappa shape index (κ3) is 24.7. The molecular weight excluding hydrogens is 915 g/mol. The highest BCUT2D eigenvalue weighted by atomic mass is 16.4. The fourth-order valence-corrected chi connectivity index (χ4v) is 7.64. The molecule has 0 spiro atoms. The second kappa shape index (κ2) is 30.8. The number of carboxylic acid groups (broad SMARTS) is 1. The Bertz CT molecular complexity index is 1920. The van der Waals surface area contributed by atoms with Gasteiger partial charge in [-0.15, -0.1) is 0 Å². The van der Waals surface area contributed by atoms with E-state index in [2.05, 4.69) is 42.5 Å². The van der Waals surface area contributed by atoms with E-state index in [0.717, 1.165) is 0 Å². The first-order chi connectivity index (χ1) is 32.9. The van der Waals surface area contributed by atoms with E-state index < -0.39 is 108 Å². The van der Waals surface area contributed by atoms with E-state index in [1.54, 1.807) is 12.1 Å². The summed E-state index contributed by atoms with van der Waals surface area (Å²) in [5, 5.41) is 40.8. The number of phenolic OH excluding ortho intramolecular Hbond substituents is 1. The van der Waals surface area contributed by atoms with Crippen molar-refractivity contribution in [2.45, 2.75) is 196 Å². The molecule has 8 amide bonds. The van der Waals surface area contributed by atoms with E-state index in [-0.39, 0.29) is 79.8 Å². The summed E-state index contributed by atoms with van der Waals surface area (Å²) in [5.41, 5.74) is 6.72. The molecule has 1 aromatic rings. The normalized spacial score (nSPS) is 15.4. The first kappa shape index (κ1) is 63.2. The molecular formula is C51H87N9O11. The summed E-state index contributed by atoms with van der Waals surface area (Å²) in [4.78, 5) is 121. The van der Waals surface area contributed by atoms with Gasteiger partial charge in [-0.3, -0.25) is 38.4 Å². The molecule has 0 aromatic heterocycles. The summed E-state index contributed by atoms with van der Waals surface area (Å²) >= 11 is 0. The van der Waals surface area contributed by atoms with Crippen LogP contribution in [0.1, 0.15) is 141 Å². The molecule has 20 nitrogen and oxygen atoms in total. The Morgan fingerprint density at radius 2 is 0.648 bits per heavy atom. The highest BCUT2D eigenvalue weighted by molar-refractivity contribution is 5.98. The topological polar surface area (TPSA) is 316 Å². The van der Waals surface area contributed by atoms with Crippen LogP contribution in [0.25, 0.3) is 0 Å². The van der Waals surface area contributed by atoms with Crippen LogP contribution < -0.4 is 48.3 Å². The maximum atomic E-state index is 14.0. The molecule has 0 radical (unpaired) electrons. The number of carbonyl (C=O) groups excluding carboxylic acids is 8. The molecule has 0 aliphatic carbocycles. The molecule has 0 saturated carbocycles. The Kier molecular flexibility index (Phi) is 27.5. The van der Waals surface area contributed by atoms with Gasteiger partial charge >= 0.3 is 5.97 Å². The van der Waals surface area contributed by atoms with Gasteiger partial charge in [0.1, 0.15) is 54.1 Å². The van der Waals surface area contributed by atoms with E-state index in [4.69, 9.17) is 5.73 Å². The lowest BCUT2D eigenvalue weighted by atomic mass is 9.98. The summed E-state index contributed by atoms with van der Waals surface area (Å²) in [5.74, 6) is -6.90. The van der Waals surface area contributed by atoms with Crippen LogP contribution in [0.4, 0.5) is 0 Å². The van der Waals surface area contributed by atoms with Crippen LogP contribution in [-0.4, -0.2) is 118 Å². The van der Waals surface area contributed by atoms with Crippen LogP contribution >= 0.6 is 0 Å². The van der Waals surface area contributed by atoms with Gasteiger partial charge in [0.15, 0.2) is 0 Å². The Morgan fingerprint density at radius 3 is 0.972 bits per heavy atom. The standard InChI is InChI=1S/C51H87N9O11/c1-26(2)19-36(52)45(64)57-41(25-34-15-17-35(61)18-16-34)47(66)54-33(14)43(62)55-37(20-27(3)4)46(65)53-32(13)44(63)56-38(21-28(5)6)48(67)58-39(22-29(7)8)49(68)59-40(23-30(9)10)50(69)60-42(51(70)71)24-31(11)12/h15-18,26-33,36-42,61H,19-25,52H2,1-14H3,(H,53,65)(H,54,66)(H,55,62)(H,56,63)(H,57,64)(H,58,67)(H,59,68)(H,60,69)(H,70,71)/t32-,33-,36-,37-,38-,39-,40-,41-,42-/m0/s1. The lowest BCUT2D eigenvalue weighted by molar-refractivity contribution is -0.143. The number of carbonyl (C=O) groups is 9. The first-order valence-corrected chi connectivity index (χ1v) is 25.1. The number of phenols is 1. The van der Waals surface area contributed by atoms with Crippen molar-refractivity contribution in [2.24, 2.45) is 41.2 Å². The van der Waals surface area contributed by atoms with Crippen molar-refractivity contribution >= 4 is 53.2 Å². The molecule has 0 heterocycles. The van der Waals surface area contributed by atoms with Crippen LogP contribution in [0, 0.1) is 35.5 Å². The number of aliphatic carboxylic acids is 1. The number of amides is 8. The number of hydrogen-bond acceptors (Lipinski definition) is 11. The molecule has 1 aromatic carbocycles. The van der Waals surface area contributed by atoms with E-state index in [9.17, 15) is 53.4 Å². The number of benzene rings is 1. The summed E-state index contributed by atoms with van der Waals surface area (Å²) in [6.45, 7) is 25.0. The van der Waals surface area contributed by atoms with Crippen LogP contribution in [0.15, 0.2) is 24.3 Å². The van der Waals surface area contributed by atoms with Crippen molar-refractivity contribution in [2.75, 3.05) is 0 Å². The fourth-order valence-electron chi connectivity index (χ4n) is 7.64. The van der Waals surface area contributed by atoms with Crippen molar-refractivity contribution in [3.05, 3.63) is 29.8 Å². The third-order valence-corrected chi connectivity index (χ3v) is 11.3. The van der Waals surface area contributed by atoms with Crippen molar-refractivity contribution in [3.8, 4) is 5.75 Å². The highest BCUT2D eigenvalue weighted by Crippen LogP contribution is 2.15. The lowest BCUT2D eigenvalue weighted by Gasteiger charge is -2.28. The van der Waals surface area contributed by atoms with Gasteiger partial charge in [-0.05, 0) is 106 Å². The molecule has 9 atom stereocenters. The quantitative estimate of drug-likeness (QED) is 0.0512. The van der Waals surface area contributed by atoms with Crippen LogP contribution in [0.2, 0.25) is 0 Å². The fraction of sp³-hybridized carbons (Fsp3) is 0.706. The van der Waals surface area contributed by atoms with E-state index in [0.29, 0.717) is 12.0 Å². The maximum absolute atomic E-state index is 14.0. The smallest absolute Gasteiger partial charge is 0.326 e. The van der Waals surface area contributed by atoms with Gasteiger partial charge in [0.2, 0.25) is 47.3 Å². The predicted octanol–water partition coefficient (Wildman–Crippen LogP) is 2.54. The number of aromatic hydroxyl groups is 1. The second-order valence-electron chi connectivity index (χ2n) is 21.4. The molecule has 0 aliphatic heterocycles. The van der Waals surface area contributed by atoms with E-state index in [1.165, 1.54) is 26.0 Å². The average molecular weight is 1000 g/mol. The minimum absolute atomic E-state index is 0.0136.